The Hall–Kier alpha value is -0.0800. The zero-order valence-electron chi connectivity index (χ0n) is 11.8. The van der Waals surface area contributed by atoms with Crippen molar-refractivity contribution in [3.8, 4) is 0 Å². The number of hydrogen-bond acceptors (Lipinski definition) is 3. The Labute approximate surface area is 149 Å². The highest BCUT2D eigenvalue weighted by molar-refractivity contribution is 9.10. The molecule has 1 atom stereocenters. The highest BCUT2D eigenvalue weighted by atomic mass is 79.9. The molecule has 1 aliphatic rings. The smallest absolute Gasteiger partial charge is 0.314 e. The third-order valence-electron chi connectivity index (χ3n) is 3.43. The van der Waals surface area contributed by atoms with Crippen LogP contribution < -0.4 is 5.32 Å². The second-order valence-electron chi connectivity index (χ2n) is 4.87. The fourth-order valence-corrected chi connectivity index (χ4v) is 2.86. The van der Waals surface area contributed by atoms with Crippen LogP contribution in [0.25, 0.3) is 0 Å². The highest BCUT2D eigenvalue weighted by Gasteiger charge is 2.31. The molecule has 0 saturated carbocycles. The standard InChI is InChI=1S/C13H17BrF3N3.2ClH/c14-12-9-10(2-4-19-12)11(1-3-13(15,16)17)20-7-5-18-6-8-20;;/h2,4,9,11,18H,1,3,5-8H2;2*1H/t11-;;/m0../s1. The van der Waals surface area contributed by atoms with Crippen molar-refractivity contribution in [2.75, 3.05) is 26.2 Å². The van der Waals surface area contributed by atoms with Gasteiger partial charge < -0.3 is 5.32 Å². The largest absolute Gasteiger partial charge is 0.389 e. The molecule has 1 aromatic heterocycles. The van der Waals surface area contributed by atoms with Gasteiger partial charge in [0.05, 0.1) is 0 Å². The van der Waals surface area contributed by atoms with Gasteiger partial charge in [0, 0.05) is 44.8 Å². The number of alkyl halides is 3. The Morgan fingerprint density at radius 2 is 1.91 bits per heavy atom. The lowest BCUT2D eigenvalue weighted by Gasteiger charge is -2.35. The summed E-state index contributed by atoms with van der Waals surface area (Å²) in [5.74, 6) is 0. The molecule has 0 unspecified atom stereocenters. The van der Waals surface area contributed by atoms with Crippen LogP contribution in [-0.2, 0) is 0 Å². The van der Waals surface area contributed by atoms with E-state index in [2.05, 4.69) is 31.1 Å². The normalized spacial score (nSPS) is 17.3. The van der Waals surface area contributed by atoms with Crippen molar-refractivity contribution in [1.29, 1.82) is 0 Å². The van der Waals surface area contributed by atoms with E-state index >= 15 is 0 Å². The van der Waals surface area contributed by atoms with Crippen LogP contribution in [0.1, 0.15) is 24.4 Å². The Balaban J connectivity index is 0.00000220. The predicted octanol–water partition coefficient (Wildman–Crippen LogP) is 3.98. The molecule has 3 nitrogen and oxygen atoms in total. The summed E-state index contributed by atoms with van der Waals surface area (Å²) in [5.41, 5.74) is 0.887. The molecule has 1 aliphatic heterocycles. The molecule has 1 aromatic rings. The zero-order valence-corrected chi connectivity index (χ0v) is 15.0. The summed E-state index contributed by atoms with van der Waals surface area (Å²) in [6.07, 6.45) is -3.17. The van der Waals surface area contributed by atoms with Crippen molar-refractivity contribution >= 4 is 40.7 Å². The average molecular weight is 425 g/mol. The van der Waals surface area contributed by atoms with Gasteiger partial charge in [0.2, 0.25) is 0 Å². The van der Waals surface area contributed by atoms with Crippen molar-refractivity contribution in [3.05, 3.63) is 28.5 Å². The van der Waals surface area contributed by atoms with Gasteiger partial charge in [-0.15, -0.1) is 24.8 Å². The van der Waals surface area contributed by atoms with Gasteiger partial charge in [0.25, 0.3) is 0 Å². The number of rotatable bonds is 4. The van der Waals surface area contributed by atoms with Crippen LogP contribution in [-0.4, -0.2) is 42.2 Å². The SMILES string of the molecule is Cl.Cl.FC(F)(F)CC[C@@H](c1ccnc(Br)c1)N1CCNCC1. The molecule has 0 radical (unpaired) electrons. The monoisotopic (exact) mass is 423 g/mol. The van der Waals surface area contributed by atoms with Gasteiger partial charge in [0.1, 0.15) is 4.60 Å². The fraction of sp³-hybridized carbons (Fsp3) is 0.615. The summed E-state index contributed by atoms with van der Waals surface area (Å²) in [5, 5.41) is 3.22. The van der Waals surface area contributed by atoms with Crippen LogP contribution in [0.3, 0.4) is 0 Å². The minimum atomic E-state index is -4.11. The van der Waals surface area contributed by atoms with Gasteiger partial charge in [-0.05, 0) is 40.0 Å². The van der Waals surface area contributed by atoms with E-state index in [4.69, 9.17) is 0 Å². The average Bonchev–Trinajstić information content (AvgIpc) is 2.39. The van der Waals surface area contributed by atoms with E-state index in [1.54, 1.807) is 12.3 Å². The summed E-state index contributed by atoms with van der Waals surface area (Å²) in [4.78, 5) is 6.15. The van der Waals surface area contributed by atoms with Crippen molar-refractivity contribution in [3.63, 3.8) is 0 Å². The maximum Gasteiger partial charge on any atom is 0.389 e. The first-order valence-corrected chi connectivity index (χ1v) is 7.38. The lowest BCUT2D eigenvalue weighted by molar-refractivity contribution is -0.138. The minimum Gasteiger partial charge on any atom is -0.314 e. The van der Waals surface area contributed by atoms with Crippen LogP contribution in [0.2, 0.25) is 0 Å². The molecule has 0 amide bonds. The summed E-state index contributed by atoms with van der Waals surface area (Å²) in [6, 6.07) is 3.40. The third kappa shape index (κ3) is 7.00. The van der Waals surface area contributed by atoms with Crippen LogP contribution >= 0.6 is 40.7 Å². The van der Waals surface area contributed by atoms with Crippen LogP contribution in [0, 0.1) is 0 Å². The van der Waals surface area contributed by atoms with Crippen molar-refractivity contribution in [2.45, 2.75) is 25.1 Å². The molecule has 1 N–H and O–H groups in total. The van der Waals surface area contributed by atoms with E-state index in [1.807, 2.05) is 6.07 Å². The van der Waals surface area contributed by atoms with Gasteiger partial charge >= 0.3 is 6.18 Å². The van der Waals surface area contributed by atoms with E-state index in [1.165, 1.54) is 0 Å². The molecular formula is C13H19BrCl2F3N3. The molecule has 0 spiro atoms. The molecule has 22 heavy (non-hydrogen) atoms. The Morgan fingerprint density at radius 1 is 1.27 bits per heavy atom. The topological polar surface area (TPSA) is 28.2 Å². The van der Waals surface area contributed by atoms with Gasteiger partial charge in [-0.25, -0.2) is 4.98 Å². The number of nitrogens with zero attached hydrogens (tertiary/aromatic N) is 2. The van der Waals surface area contributed by atoms with E-state index in [0.29, 0.717) is 4.60 Å². The highest BCUT2D eigenvalue weighted by Crippen LogP contribution is 2.32. The van der Waals surface area contributed by atoms with E-state index in [-0.39, 0.29) is 37.3 Å². The van der Waals surface area contributed by atoms with Crippen molar-refractivity contribution < 1.29 is 13.2 Å². The number of nitrogens with one attached hydrogen (secondary N) is 1. The minimum absolute atomic E-state index is 0. The Bertz CT molecular complexity index is 443. The molecule has 128 valence electrons. The summed E-state index contributed by atoms with van der Waals surface area (Å²) in [7, 11) is 0. The summed E-state index contributed by atoms with van der Waals surface area (Å²) >= 11 is 3.28. The third-order valence-corrected chi connectivity index (χ3v) is 3.86. The summed E-state index contributed by atoms with van der Waals surface area (Å²) in [6.45, 7) is 3.16. The molecule has 2 rings (SSSR count). The van der Waals surface area contributed by atoms with Gasteiger partial charge in [-0.2, -0.15) is 13.2 Å². The number of hydrogen-bond donors (Lipinski definition) is 1. The van der Waals surface area contributed by atoms with Crippen molar-refractivity contribution in [1.82, 2.24) is 15.2 Å². The lowest BCUT2D eigenvalue weighted by atomic mass is 10.0. The maximum absolute atomic E-state index is 12.5. The fourth-order valence-electron chi connectivity index (χ4n) is 2.48. The predicted molar refractivity (Wildman–Crippen MR) is 88.9 cm³/mol. The van der Waals surface area contributed by atoms with E-state index < -0.39 is 12.6 Å². The number of aromatic nitrogens is 1. The molecule has 1 fully saturated rings. The van der Waals surface area contributed by atoms with E-state index in [0.717, 1.165) is 31.7 Å². The van der Waals surface area contributed by atoms with Crippen LogP contribution in [0.4, 0.5) is 13.2 Å². The Kier molecular flexibility index (Phi) is 9.89. The maximum atomic E-state index is 12.5. The second kappa shape index (κ2) is 9.93. The van der Waals surface area contributed by atoms with Gasteiger partial charge in [-0.1, -0.05) is 0 Å². The van der Waals surface area contributed by atoms with Gasteiger partial charge in [-0.3, -0.25) is 4.90 Å². The molecule has 0 bridgehead atoms. The number of pyridine rings is 1. The first kappa shape index (κ1) is 21.9. The first-order valence-electron chi connectivity index (χ1n) is 6.59. The van der Waals surface area contributed by atoms with E-state index in [9.17, 15) is 13.2 Å². The lowest BCUT2D eigenvalue weighted by Crippen LogP contribution is -2.45. The molecular weight excluding hydrogens is 406 g/mol. The quantitative estimate of drug-likeness (QED) is 0.741. The number of halogens is 6. The number of piperazine rings is 1. The molecule has 1 saturated heterocycles. The molecule has 2 heterocycles. The zero-order chi connectivity index (χ0) is 14.6. The van der Waals surface area contributed by atoms with Crippen LogP contribution in [0.5, 0.6) is 0 Å². The van der Waals surface area contributed by atoms with Gasteiger partial charge in [0.15, 0.2) is 0 Å². The molecule has 0 aliphatic carbocycles. The van der Waals surface area contributed by atoms with Crippen molar-refractivity contribution in [2.24, 2.45) is 0 Å². The molecule has 0 aromatic carbocycles. The van der Waals surface area contributed by atoms with Crippen LogP contribution in [0.15, 0.2) is 22.9 Å². The second-order valence-corrected chi connectivity index (χ2v) is 5.68. The molecule has 9 heteroatoms. The first-order chi connectivity index (χ1) is 9.46. The Morgan fingerprint density at radius 3 is 2.45 bits per heavy atom. The summed E-state index contributed by atoms with van der Waals surface area (Å²) < 4.78 is 38.2.